The molecule has 4 nitrogen and oxygen atoms in total. The van der Waals surface area contributed by atoms with Crippen molar-refractivity contribution in [1.82, 2.24) is 0 Å². The monoisotopic (exact) mass is 272 g/mol. The van der Waals surface area contributed by atoms with Gasteiger partial charge >= 0.3 is 5.97 Å². The van der Waals surface area contributed by atoms with Crippen LogP contribution < -0.4 is 9.47 Å². The summed E-state index contributed by atoms with van der Waals surface area (Å²) in [5.74, 6) is 0.260. The number of aromatic carboxylic acids is 1. The first kappa shape index (κ1) is 13.9. The SMILES string of the molecule is COc1ccccc1OCc1ccc(C)cc1C(=O)O. The van der Waals surface area contributed by atoms with Gasteiger partial charge in [-0.3, -0.25) is 0 Å². The van der Waals surface area contributed by atoms with Gasteiger partial charge in [0.25, 0.3) is 0 Å². The lowest BCUT2D eigenvalue weighted by atomic mass is 10.1. The van der Waals surface area contributed by atoms with E-state index in [0.29, 0.717) is 17.1 Å². The number of benzene rings is 2. The number of hydrogen-bond acceptors (Lipinski definition) is 3. The topological polar surface area (TPSA) is 55.8 Å². The van der Waals surface area contributed by atoms with Gasteiger partial charge in [0.2, 0.25) is 0 Å². The summed E-state index contributed by atoms with van der Waals surface area (Å²) in [6, 6.07) is 12.5. The second kappa shape index (κ2) is 6.10. The molecule has 0 bridgehead atoms. The van der Waals surface area contributed by atoms with Crippen molar-refractivity contribution in [2.75, 3.05) is 7.11 Å². The Morgan fingerprint density at radius 3 is 2.50 bits per heavy atom. The van der Waals surface area contributed by atoms with E-state index in [1.807, 2.05) is 25.1 Å². The molecule has 2 rings (SSSR count). The molecule has 0 atom stereocenters. The van der Waals surface area contributed by atoms with E-state index in [1.165, 1.54) is 0 Å². The molecule has 0 heterocycles. The number of carbonyl (C=O) groups is 1. The van der Waals surface area contributed by atoms with Crippen molar-refractivity contribution in [2.24, 2.45) is 0 Å². The summed E-state index contributed by atoms with van der Waals surface area (Å²) < 4.78 is 10.8. The van der Waals surface area contributed by atoms with E-state index < -0.39 is 5.97 Å². The summed E-state index contributed by atoms with van der Waals surface area (Å²) in [7, 11) is 1.57. The highest BCUT2D eigenvalue weighted by molar-refractivity contribution is 5.89. The van der Waals surface area contributed by atoms with Crippen molar-refractivity contribution < 1.29 is 19.4 Å². The van der Waals surface area contributed by atoms with Gasteiger partial charge in [0.05, 0.1) is 12.7 Å². The molecule has 2 aromatic carbocycles. The Labute approximate surface area is 117 Å². The first-order valence-corrected chi connectivity index (χ1v) is 6.20. The first-order chi connectivity index (χ1) is 9.61. The standard InChI is InChI=1S/C16H16O4/c1-11-7-8-12(13(9-11)16(17)18)10-20-15-6-4-3-5-14(15)19-2/h3-9H,10H2,1-2H3,(H,17,18). The predicted octanol–water partition coefficient (Wildman–Crippen LogP) is 3.28. The molecule has 0 unspecified atom stereocenters. The highest BCUT2D eigenvalue weighted by Gasteiger charge is 2.11. The van der Waals surface area contributed by atoms with Gasteiger partial charge in [0.15, 0.2) is 11.5 Å². The minimum atomic E-state index is -0.952. The van der Waals surface area contributed by atoms with E-state index in [-0.39, 0.29) is 12.2 Å². The quantitative estimate of drug-likeness (QED) is 0.907. The molecule has 0 aliphatic rings. The van der Waals surface area contributed by atoms with Crippen LogP contribution in [0.15, 0.2) is 42.5 Å². The average Bonchev–Trinajstić information content (AvgIpc) is 2.46. The Morgan fingerprint density at radius 1 is 1.15 bits per heavy atom. The van der Waals surface area contributed by atoms with Crippen molar-refractivity contribution in [2.45, 2.75) is 13.5 Å². The van der Waals surface area contributed by atoms with Crippen molar-refractivity contribution >= 4 is 5.97 Å². The average molecular weight is 272 g/mol. The number of carboxylic acid groups (broad SMARTS) is 1. The number of carboxylic acids is 1. The Kier molecular flexibility index (Phi) is 4.25. The zero-order chi connectivity index (χ0) is 14.5. The summed E-state index contributed by atoms with van der Waals surface area (Å²) >= 11 is 0. The fourth-order valence-corrected chi connectivity index (χ4v) is 1.91. The Hall–Kier alpha value is -2.49. The number of aryl methyl sites for hydroxylation is 1. The number of rotatable bonds is 5. The van der Waals surface area contributed by atoms with Gasteiger partial charge in [-0.15, -0.1) is 0 Å². The zero-order valence-electron chi connectivity index (χ0n) is 11.4. The Balaban J connectivity index is 2.21. The minimum Gasteiger partial charge on any atom is -0.493 e. The molecule has 2 aromatic rings. The van der Waals surface area contributed by atoms with Crippen LogP contribution in [0.2, 0.25) is 0 Å². The normalized spacial score (nSPS) is 10.1. The van der Waals surface area contributed by atoms with Gasteiger partial charge in [-0.25, -0.2) is 4.79 Å². The molecule has 0 radical (unpaired) electrons. The molecule has 0 aliphatic carbocycles. The lowest BCUT2D eigenvalue weighted by molar-refractivity contribution is 0.0694. The molecule has 104 valence electrons. The van der Waals surface area contributed by atoms with Crippen LogP contribution in [0.5, 0.6) is 11.5 Å². The van der Waals surface area contributed by atoms with Crippen LogP contribution in [-0.4, -0.2) is 18.2 Å². The molecule has 0 aliphatic heterocycles. The highest BCUT2D eigenvalue weighted by Crippen LogP contribution is 2.27. The van der Waals surface area contributed by atoms with Crippen LogP contribution in [0.25, 0.3) is 0 Å². The summed E-state index contributed by atoms with van der Waals surface area (Å²) in [6.45, 7) is 2.04. The molecule has 0 spiro atoms. The maximum Gasteiger partial charge on any atom is 0.336 e. The van der Waals surface area contributed by atoms with E-state index in [2.05, 4.69) is 0 Å². The molecule has 0 saturated carbocycles. The summed E-state index contributed by atoms with van der Waals surface area (Å²) in [6.07, 6.45) is 0. The van der Waals surface area contributed by atoms with Crippen molar-refractivity contribution in [1.29, 1.82) is 0 Å². The second-order valence-electron chi connectivity index (χ2n) is 4.41. The molecular formula is C16H16O4. The van der Waals surface area contributed by atoms with Crippen LogP contribution in [0.4, 0.5) is 0 Å². The van der Waals surface area contributed by atoms with Crippen LogP contribution in [0, 0.1) is 6.92 Å². The van der Waals surface area contributed by atoms with E-state index in [0.717, 1.165) is 5.56 Å². The summed E-state index contributed by atoms with van der Waals surface area (Å²) in [4.78, 5) is 11.2. The van der Waals surface area contributed by atoms with Crippen molar-refractivity contribution in [3.05, 3.63) is 59.2 Å². The van der Waals surface area contributed by atoms with Gasteiger partial charge < -0.3 is 14.6 Å². The Bertz CT molecular complexity index is 620. The zero-order valence-corrected chi connectivity index (χ0v) is 11.4. The highest BCUT2D eigenvalue weighted by atomic mass is 16.5. The molecule has 0 fully saturated rings. The van der Waals surface area contributed by atoms with Crippen LogP contribution in [-0.2, 0) is 6.61 Å². The molecule has 0 amide bonds. The van der Waals surface area contributed by atoms with Gasteiger partial charge in [0, 0.05) is 5.56 Å². The third-order valence-corrected chi connectivity index (χ3v) is 2.95. The fourth-order valence-electron chi connectivity index (χ4n) is 1.91. The minimum absolute atomic E-state index is 0.183. The van der Waals surface area contributed by atoms with Gasteiger partial charge in [-0.2, -0.15) is 0 Å². The molecular weight excluding hydrogens is 256 g/mol. The maximum atomic E-state index is 11.2. The van der Waals surface area contributed by atoms with Gasteiger partial charge in [-0.05, 0) is 25.1 Å². The largest absolute Gasteiger partial charge is 0.493 e. The lowest BCUT2D eigenvalue weighted by Crippen LogP contribution is -2.06. The number of para-hydroxylation sites is 2. The number of hydrogen-bond donors (Lipinski definition) is 1. The maximum absolute atomic E-state index is 11.2. The third-order valence-electron chi connectivity index (χ3n) is 2.95. The molecule has 20 heavy (non-hydrogen) atoms. The Morgan fingerprint density at radius 2 is 1.85 bits per heavy atom. The summed E-state index contributed by atoms with van der Waals surface area (Å²) in [5, 5.41) is 9.21. The van der Waals surface area contributed by atoms with E-state index in [1.54, 1.807) is 31.4 Å². The van der Waals surface area contributed by atoms with Crippen molar-refractivity contribution in [3.8, 4) is 11.5 Å². The van der Waals surface area contributed by atoms with E-state index in [4.69, 9.17) is 9.47 Å². The first-order valence-electron chi connectivity index (χ1n) is 6.20. The number of ether oxygens (including phenoxy) is 2. The van der Waals surface area contributed by atoms with Crippen LogP contribution in [0.1, 0.15) is 21.5 Å². The van der Waals surface area contributed by atoms with E-state index in [9.17, 15) is 9.90 Å². The van der Waals surface area contributed by atoms with E-state index >= 15 is 0 Å². The molecule has 4 heteroatoms. The lowest BCUT2D eigenvalue weighted by Gasteiger charge is -2.12. The predicted molar refractivity (Wildman–Crippen MR) is 75.5 cm³/mol. The molecule has 0 aromatic heterocycles. The van der Waals surface area contributed by atoms with Crippen LogP contribution in [0.3, 0.4) is 0 Å². The van der Waals surface area contributed by atoms with Gasteiger partial charge in [-0.1, -0.05) is 29.8 Å². The van der Waals surface area contributed by atoms with Crippen LogP contribution >= 0.6 is 0 Å². The number of methoxy groups -OCH3 is 1. The smallest absolute Gasteiger partial charge is 0.336 e. The van der Waals surface area contributed by atoms with Crippen molar-refractivity contribution in [3.63, 3.8) is 0 Å². The summed E-state index contributed by atoms with van der Waals surface area (Å²) in [5.41, 5.74) is 1.80. The third kappa shape index (κ3) is 3.09. The molecule has 1 N–H and O–H groups in total. The fraction of sp³-hybridized carbons (Fsp3) is 0.188. The van der Waals surface area contributed by atoms with Gasteiger partial charge in [0.1, 0.15) is 6.61 Å². The second-order valence-corrected chi connectivity index (χ2v) is 4.41. The molecule has 0 saturated heterocycles.